The highest BCUT2D eigenvalue weighted by Crippen LogP contribution is 2.34. The quantitative estimate of drug-likeness (QED) is 0.107. The van der Waals surface area contributed by atoms with E-state index in [0.29, 0.717) is 42.2 Å². The number of sulfonamides is 2. The molecule has 3 aromatic carbocycles. The normalized spacial score (nSPS) is 15.8. The van der Waals surface area contributed by atoms with Gasteiger partial charge in [0.05, 0.1) is 65.3 Å². The first-order valence-corrected chi connectivity index (χ1v) is 24.1. The van der Waals surface area contributed by atoms with E-state index in [2.05, 4.69) is 10.6 Å². The molecule has 1 atom stereocenters. The Morgan fingerprint density at radius 2 is 1.19 bits per heavy atom. The Kier molecular flexibility index (Phi) is 13.1. The van der Waals surface area contributed by atoms with Gasteiger partial charge in [0.15, 0.2) is 0 Å². The molecule has 5 aromatic rings. The molecule has 0 spiro atoms. The van der Waals surface area contributed by atoms with Gasteiger partial charge in [0, 0.05) is 54.2 Å². The number of thiophene rings is 2. The Hall–Kier alpha value is -6.33. The molecule has 0 bridgehead atoms. The van der Waals surface area contributed by atoms with Gasteiger partial charge in [0.2, 0.25) is 20.0 Å². The van der Waals surface area contributed by atoms with E-state index < -0.39 is 54.9 Å². The maximum absolute atomic E-state index is 13.8. The summed E-state index contributed by atoms with van der Waals surface area (Å²) in [5.41, 5.74) is -0.494. The van der Waals surface area contributed by atoms with Crippen LogP contribution in [0.3, 0.4) is 0 Å². The molecule has 2 N–H and O–H groups in total. The van der Waals surface area contributed by atoms with Crippen molar-refractivity contribution in [2.45, 2.75) is 49.4 Å². The van der Waals surface area contributed by atoms with Gasteiger partial charge in [-0.25, -0.2) is 30.8 Å². The van der Waals surface area contributed by atoms with Crippen LogP contribution in [0.15, 0.2) is 82.6 Å². The van der Waals surface area contributed by atoms with E-state index in [-0.39, 0.29) is 67.0 Å². The molecule has 0 saturated carbocycles. The molecule has 0 aliphatic carbocycles. The third-order valence-corrected chi connectivity index (χ3v) is 17.3. The summed E-state index contributed by atoms with van der Waals surface area (Å²) in [4.78, 5) is 57.1. The number of nitrogens with zero attached hydrogens (tertiary/aromatic N) is 5. The molecule has 0 radical (unpaired) electrons. The number of carbonyl (C=O) groups excluding carboxylic acids is 4. The number of piperazine rings is 1. The Labute approximate surface area is 376 Å². The van der Waals surface area contributed by atoms with E-state index in [1.165, 1.54) is 57.1 Å². The number of nitrogens with one attached hydrogen (secondary N) is 2. The fourth-order valence-electron chi connectivity index (χ4n) is 7.38. The van der Waals surface area contributed by atoms with Gasteiger partial charge in [-0.2, -0.15) is 19.1 Å². The minimum atomic E-state index is -4.05. The van der Waals surface area contributed by atoms with Gasteiger partial charge in [-0.1, -0.05) is 0 Å². The van der Waals surface area contributed by atoms with Gasteiger partial charge in [-0.05, 0) is 106 Å². The second-order valence-corrected chi connectivity index (χ2v) is 21.1. The smallest absolute Gasteiger partial charge is 0.348 e. The van der Waals surface area contributed by atoms with Gasteiger partial charge < -0.3 is 20.3 Å². The van der Waals surface area contributed by atoms with Crippen molar-refractivity contribution < 1.29 is 45.1 Å². The highest BCUT2D eigenvalue weighted by Gasteiger charge is 2.36. The van der Waals surface area contributed by atoms with Gasteiger partial charge in [0.25, 0.3) is 11.8 Å². The summed E-state index contributed by atoms with van der Waals surface area (Å²) in [6, 6.07) is 19.2. The number of hydrogen-bond donors (Lipinski definition) is 2. The number of carbonyl (C=O) groups is 4. The number of ether oxygens (including phenoxy) is 1. The zero-order chi connectivity index (χ0) is 46.1. The summed E-state index contributed by atoms with van der Waals surface area (Å²) >= 11 is 1.83. The van der Waals surface area contributed by atoms with Crippen LogP contribution in [0.5, 0.6) is 0 Å². The predicted octanol–water partition coefficient (Wildman–Crippen LogP) is 6.49. The van der Waals surface area contributed by atoms with Crippen molar-refractivity contribution in [3.8, 4) is 12.1 Å². The number of nitriles is 2. The molecule has 16 nitrogen and oxygen atoms in total. The zero-order valence-corrected chi connectivity index (χ0v) is 37.6. The summed E-state index contributed by atoms with van der Waals surface area (Å²) in [6.07, 6.45) is 1.42. The van der Waals surface area contributed by atoms with Gasteiger partial charge >= 0.3 is 11.9 Å². The average Bonchev–Trinajstić information content (AvgIpc) is 4.02. The third-order valence-electron chi connectivity index (χ3n) is 10.7. The van der Waals surface area contributed by atoms with E-state index in [9.17, 15) is 50.9 Å². The van der Waals surface area contributed by atoms with E-state index in [1.54, 1.807) is 26.0 Å². The molecule has 2 aliphatic heterocycles. The molecule has 64 heavy (non-hydrogen) atoms. The second-order valence-electron chi connectivity index (χ2n) is 14.9. The Bertz CT molecular complexity index is 3020. The van der Waals surface area contributed by atoms with Crippen LogP contribution in [-0.4, -0.2) is 88.0 Å². The lowest BCUT2D eigenvalue weighted by Crippen LogP contribution is -2.48. The molecular weight excluding hydrogens is 906 g/mol. The van der Waals surface area contributed by atoms with Gasteiger partial charge in [-0.3, -0.25) is 9.59 Å². The van der Waals surface area contributed by atoms with Crippen molar-refractivity contribution in [3.63, 3.8) is 0 Å². The van der Waals surface area contributed by atoms with Crippen molar-refractivity contribution in [1.29, 1.82) is 10.5 Å². The number of hydrogen-bond acceptors (Lipinski definition) is 14. The maximum atomic E-state index is 13.8. The van der Waals surface area contributed by atoms with Crippen LogP contribution in [-0.2, 0) is 24.8 Å². The highest BCUT2D eigenvalue weighted by molar-refractivity contribution is 7.89. The van der Waals surface area contributed by atoms with Crippen LogP contribution >= 0.6 is 22.7 Å². The van der Waals surface area contributed by atoms with Crippen molar-refractivity contribution >= 4 is 83.5 Å². The second kappa shape index (κ2) is 18.4. The van der Waals surface area contributed by atoms with E-state index in [0.717, 1.165) is 40.5 Å². The number of anilines is 3. The number of rotatable bonds is 11. The van der Waals surface area contributed by atoms with Gasteiger partial charge in [0.1, 0.15) is 5.82 Å². The number of halogens is 1. The summed E-state index contributed by atoms with van der Waals surface area (Å²) in [5, 5.41) is 24.3. The van der Waals surface area contributed by atoms with Crippen molar-refractivity contribution in [2.24, 2.45) is 0 Å². The SMILES string of the molecule is Cc1sc(C(=O)Nc2ccc(C#N)cc2C(=O)OC(=O)c2cc(C#N)ccc2NC(=O)c2cc(S(=O)(=O)N3CCCC3C)c(C)s2)cc1S(=O)(=O)N1CCN(c2ccc(F)cc2)CC1. The van der Waals surface area contributed by atoms with Crippen molar-refractivity contribution in [2.75, 3.05) is 48.3 Å². The minimum absolute atomic E-state index is 0.0156. The molecule has 330 valence electrons. The number of amides is 2. The highest BCUT2D eigenvalue weighted by atomic mass is 32.2. The molecular formula is C43H38FN7O9S4. The first-order chi connectivity index (χ1) is 30.4. The number of esters is 2. The third kappa shape index (κ3) is 9.31. The lowest BCUT2D eigenvalue weighted by Gasteiger charge is -2.35. The molecule has 2 amide bonds. The monoisotopic (exact) mass is 943 g/mol. The van der Waals surface area contributed by atoms with Gasteiger partial charge in [-0.15, -0.1) is 22.7 Å². The Balaban J connectivity index is 1.07. The summed E-state index contributed by atoms with van der Waals surface area (Å²) in [7, 11) is -7.94. The molecule has 2 saturated heterocycles. The molecule has 4 heterocycles. The molecule has 2 aliphatic rings. The first-order valence-electron chi connectivity index (χ1n) is 19.6. The van der Waals surface area contributed by atoms with E-state index in [1.807, 2.05) is 24.0 Å². The summed E-state index contributed by atoms with van der Waals surface area (Å²) < 4.78 is 75.8. The minimum Gasteiger partial charge on any atom is -0.386 e. The first kappa shape index (κ1) is 45.7. The maximum Gasteiger partial charge on any atom is 0.348 e. The molecule has 2 aromatic heterocycles. The fourth-order valence-corrected chi connectivity index (χ4v) is 13.4. The van der Waals surface area contributed by atoms with Crippen LogP contribution in [0.1, 0.15) is 80.7 Å². The summed E-state index contributed by atoms with van der Waals surface area (Å²) in [5.74, 6) is -4.59. The Morgan fingerprint density at radius 1 is 0.703 bits per heavy atom. The van der Waals surface area contributed by atoms with E-state index in [4.69, 9.17) is 4.74 Å². The zero-order valence-electron chi connectivity index (χ0n) is 34.4. The van der Waals surface area contributed by atoms with Crippen LogP contribution in [0.2, 0.25) is 0 Å². The molecule has 2 fully saturated rings. The molecule has 21 heteroatoms. The largest absolute Gasteiger partial charge is 0.386 e. The summed E-state index contributed by atoms with van der Waals surface area (Å²) in [6.45, 7) is 6.28. The Morgan fingerprint density at radius 3 is 1.64 bits per heavy atom. The van der Waals surface area contributed by atoms with Crippen LogP contribution in [0, 0.1) is 42.3 Å². The van der Waals surface area contributed by atoms with Crippen LogP contribution in [0.4, 0.5) is 21.5 Å². The van der Waals surface area contributed by atoms with E-state index >= 15 is 0 Å². The molecule has 7 rings (SSSR count). The van der Waals surface area contributed by atoms with Crippen molar-refractivity contribution in [3.05, 3.63) is 120 Å². The number of benzene rings is 3. The van der Waals surface area contributed by atoms with Crippen LogP contribution < -0.4 is 15.5 Å². The lowest BCUT2D eigenvalue weighted by molar-refractivity contribution is 0.0399. The topological polar surface area (TPSA) is 227 Å². The average molecular weight is 944 g/mol. The lowest BCUT2D eigenvalue weighted by atomic mass is 10.1. The fraction of sp³-hybridized carbons (Fsp3) is 0.256. The standard InChI is InChI=1S/C43H38FN7O9S4/c1-25-5-4-14-51(25)64(58,59)39-22-37(62-27(39)3)41(53)48-35-13-7-29(24-46)20-33(35)43(55)60-42(54)32-19-28(23-45)6-12-34(32)47-40(52)36-21-38(26(2)61-36)63(56,57)50-17-15-49(16-18-50)31-10-8-30(44)9-11-31/h6-13,19-22,25H,4-5,14-18H2,1-3H3,(H,47,52)(H,48,53). The predicted molar refractivity (Wildman–Crippen MR) is 236 cm³/mol. The molecule has 1 unspecified atom stereocenters. The van der Waals surface area contributed by atoms with Crippen molar-refractivity contribution in [1.82, 2.24) is 8.61 Å². The van der Waals surface area contributed by atoms with Crippen LogP contribution in [0.25, 0.3) is 0 Å². The number of aryl methyl sites for hydroxylation is 2.